The molecular formula is C21H24N6O3. The molecule has 4 heterocycles. The highest BCUT2D eigenvalue weighted by Crippen LogP contribution is 2.44. The molecule has 1 atom stereocenters. The summed E-state index contributed by atoms with van der Waals surface area (Å²) >= 11 is 0. The molecule has 5 rings (SSSR count). The summed E-state index contributed by atoms with van der Waals surface area (Å²) in [7, 11) is 0. The van der Waals surface area contributed by atoms with E-state index >= 15 is 0 Å². The Balaban J connectivity index is 1.40. The lowest BCUT2D eigenvalue weighted by atomic mass is 10.1. The molecule has 1 saturated heterocycles. The minimum atomic E-state index is -0.302. The molecule has 0 aromatic carbocycles. The molecule has 3 N–H and O–H groups in total. The van der Waals surface area contributed by atoms with Crippen LogP contribution in [0.4, 0.5) is 22.1 Å². The lowest BCUT2D eigenvalue weighted by Gasteiger charge is -2.35. The number of pyridine rings is 2. The molecule has 2 aliphatic heterocycles. The molecule has 9 nitrogen and oxygen atoms in total. The van der Waals surface area contributed by atoms with E-state index in [1.165, 1.54) is 0 Å². The molecule has 0 radical (unpaired) electrons. The van der Waals surface area contributed by atoms with Crippen LogP contribution >= 0.6 is 0 Å². The standard InChI is InChI=1S/C21H24N6O3/c28-13-21(7-8-21)12-23-19(29)15-4-5-16-18(24-15)27(14-6-10-26(16)11-14)20(30)25-17-3-1-2-9-22-17/h1-5,9,14,28H,6-8,10-13H2,(H,23,29)(H,22,25,30). The number of amides is 3. The summed E-state index contributed by atoms with van der Waals surface area (Å²) in [5, 5.41) is 15.2. The molecule has 0 spiro atoms. The van der Waals surface area contributed by atoms with Gasteiger partial charge in [0.2, 0.25) is 0 Å². The van der Waals surface area contributed by atoms with Gasteiger partial charge in [0, 0.05) is 31.2 Å². The van der Waals surface area contributed by atoms with Crippen LogP contribution in [0.3, 0.4) is 0 Å². The molecular weight excluding hydrogens is 384 g/mol. The van der Waals surface area contributed by atoms with Crippen LogP contribution < -0.4 is 20.4 Å². The summed E-state index contributed by atoms with van der Waals surface area (Å²) < 4.78 is 0. The first-order chi connectivity index (χ1) is 14.6. The molecule has 156 valence electrons. The van der Waals surface area contributed by atoms with Crippen molar-refractivity contribution >= 4 is 29.3 Å². The van der Waals surface area contributed by atoms with E-state index in [2.05, 4.69) is 25.5 Å². The summed E-state index contributed by atoms with van der Waals surface area (Å²) in [5.41, 5.74) is 0.939. The number of carbonyl (C=O) groups excluding carboxylic acids is 2. The van der Waals surface area contributed by atoms with Gasteiger partial charge in [0.15, 0.2) is 5.82 Å². The van der Waals surface area contributed by atoms with Crippen LogP contribution in [0.15, 0.2) is 36.5 Å². The molecule has 1 aliphatic carbocycles. The van der Waals surface area contributed by atoms with E-state index in [9.17, 15) is 14.7 Å². The van der Waals surface area contributed by atoms with Crippen LogP contribution in [-0.4, -0.2) is 59.3 Å². The topological polar surface area (TPSA) is 111 Å². The second-order valence-corrected chi connectivity index (χ2v) is 8.28. The number of carbonyl (C=O) groups is 2. The minimum absolute atomic E-state index is 0.00357. The number of fused-ring (bicyclic) bond motifs is 4. The Morgan fingerprint density at radius 1 is 1.23 bits per heavy atom. The van der Waals surface area contributed by atoms with Crippen LogP contribution in [0.2, 0.25) is 0 Å². The van der Waals surface area contributed by atoms with Crippen molar-refractivity contribution in [2.45, 2.75) is 25.3 Å². The third-order valence-electron chi connectivity index (χ3n) is 6.22. The zero-order valence-corrected chi connectivity index (χ0v) is 16.5. The van der Waals surface area contributed by atoms with E-state index in [0.29, 0.717) is 18.2 Å². The highest BCUT2D eigenvalue weighted by molar-refractivity contribution is 6.05. The van der Waals surface area contributed by atoms with E-state index in [-0.39, 0.29) is 35.7 Å². The third-order valence-corrected chi connectivity index (χ3v) is 6.22. The number of rotatable bonds is 5. The van der Waals surface area contributed by atoms with E-state index in [0.717, 1.165) is 38.0 Å². The minimum Gasteiger partial charge on any atom is -0.396 e. The Morgan fingerprint density at radius 2 is 2.10 bits per heavy atom. The van der Waals surface area contributed by atoms with Crippen LogP contribution in [0.1, 0.15) is 29.8 Å². The van der Waals surface area contributed by atoms with Crippen molar-refractivity contribution < 1.29 is 14.7 Å². The lowest BCUT2D eigenvalue weighted by molar-refractivity contribution is 0.0930. The predicted octanol–water partition coefficient (Wildman–Crippen LogP) is 1.61. The highest BCUT2D eigenvalue weighted by atomic mass is 16.3. The number of urea groups is 1. The molecule has 3 aliphatic rings. The van der Waals surface area contributed by atoms with Gasteiger partial charge in [0.05, 0.1) is 18.3 Å². The zero-order chi connectivity index (χ0) is 20.7. The number of aliphatic hydroxyl groups is 1. The number of hydrogen-bond acceptors (Lipinski definition) is 6. The van der Waals surface area contributed by atoms with Gasteiger partial charge >= 0.3 is 6.03 Å². The van der Waals surface area contributed by atoms with Crippen molar-refractivity contribution in [2.24, 2.45) is 5.41 Å². The number of nitrogens with zero attached hydrogens (tertiary/aromatic N) is 4. The first-order valence-corrected chi connectivity index (χ1v) is 10.2. The van der Waals surface area contributed by atoms with E-state index in [1.807, 2.05) is 12.1 Å². The number of anilines is 3. The number of hydrogen-bond donors (Lipinski definition) is 3. The number of aliphatic hydroxyl groups excluding tert-OH is 1. The van der Waals surface area contributed by atoms with Crippen LogP contribution in [-0.2, 0) is 0 Å². The Kier molecular flexibility index (Phi) is 4.54. The molecule has 2 aromatic heterocycles. The molecule has 2 bridgehead atoms. The molecule has 30 heavy (non-hydrogen) atoms. The normalized spacial score (nSPS) is 20.5. The number of aromatic nitrogens is 2. The molecule has 2 fully saturated rings. The smallest absolute Gasteiger partial charge is 0.329 e. The zero-order valence-electron chi connectivity index (χ0n) is 16.5. The van der Waals surface area contributed by atoms with Crippen molar-refractivity contribution in [3.05, 3.63) is 42.2 Å². The largest absolute Gasteiger partial charge is 0.396 e. The first-order valence-electron chi connectivity index (χ1n) is 10.2. The Morgan fingerprint density at radius 3 is 2.83 bits per heavy atom. The summed E-state index contributed by atoms with van der Waals surface area (Å²) in [6.45, 7) is 2.09. The fraction of sp³-hybridized carbons (Fsp3) is 0.429. The maximum Gasteiger partial charge on any atom is 0.329 e. The summed E-state index contributed by atoms with van der Waals surface area (Å²) in [6, 6.07) is 8.58. The molecule has 9 heteroatoms. The van der Waals surface area contributed by atoms with E-state index < -0.39 is 0 Å². The van der Waals surface area contributed by atoms with Crippen LogP contribution in [0.5, 0.6) is 0 Å². The Hall–Kier alpha value is -3.20. The van der Waals surface area contributed by atoms with Crippen molar-refractivity contribution in [2.75, 3.05) is 41.4 Å². The van der Waals surface area contributed by atoms with Gasteiger partial charge < -0.3 is 15.3 Å². The summed E-state index contributed by atoms with van der Waals surface area (Å²) in [4.78, 5) is 38.3. The first kappa shape index (κ1) is 18.8. The lowest BCUT2D eigenvalue weighted by Crippen LogP contribution is -2.48. The molecule has 1 saturated carbocycles. The summed E-state index contributed by atoms with van der Waals surface area (Å²) in [5.74, 6) is 0.667. The van der Waals surface area contributed by atoms with Gasteiger partial charge in [-0.15, -0.1) is 0 Å². The van der Waals surface area contributed by atoms with E-state index in [4.69, 9.17) is 0 Å². The van der Waals surface area contributed by atoms with E-state index in [1.54, 1.807) is 29.3 Å². The maximum atomic E-state index is 13.1. The predicted molar refractivity (Wildman–Crippen MR) is 112 cm³/mol. The monoisotopic (exact) mass is 408 g/mol. The second kappa shape index (κ2) is 7.24. The van der Waals surface area contributed by atoms with Crippen molar-refractivity contribution in [3.8, 4) is 0 Å². The fourth-order valence-electron chi connectivity index (χ4n) is 4.13. The number of nitrogens with one attached hydrogen (secondary N) is 2. The highest BCUT2D eigenvalue weighted by Gasteiger charge is 2.43. The summed E-state index contributed by atoms with van der Waals surface area (Å²) in [6.07, 6.45) is 4.29. The second-order valence-electron chi connectivity index (χ2n) is 8.28. The Bertz CT molecular complexity index is 978. The van der Waals surface area contributed by atoms with Crippen LogP contribution in [0, 0.1) is 5.41 Å². The van der Waals surface area contributed by atoms with Gasteiger partial charge in [-0.3, -0.25) is 15.0 Å². The third kappa shape index (κ3) is 3.35. The fourth-order valence-corrected chi connectivity index (χ4v) is 4.13. The molecule has 2 aromatic rings. The average molecular weight is 408 g/mol. The quantitative estimate of drug-likeness (QED) is 0.693. The molecule has 1 unspecified atom stereocenters. The molecule has 3 amide bonds. The maximum absolute atomic E-state index is 13.1. The van der Waals surface area contributed by atoms with Gasteiger partial charge in [-0.1, -0.05) is 6.07 Å². The van der Waals surface area contributed by atoms with Gasteiger partial charge in [-0.2, -0.15) is 0 Å². The van der Waals surface area contributed by atoms with Crippen LogP contribution in [0.25, 0.3) is 0 Å². The van der Waals surface area contributed by atoms with Crippen molar-refractivity contribution in [3.63, 3.8) is 0 Å². The van der Waals surface area contributed by atoms with Crippen molar-refractivity contribution in [1.29, 1.82) is 0 Å². The SMILES string of the molecule is O=C(NCC1(CO)CC1)c1ccc2c(n1)N(C(=O)Nc1ccccn1)C1CCN2C1. The Labute approximate surface area is 174 Å². The van der Waals surface area contributed by atoms with Crippen molar-refractivity contribution in [1.82, 2.24) is 15.3 Å². The van der Waals surface area contributed by atoms with Gasteiger partial charge in [0.25, 0.3) is 5.91 Å². The average Bonchev–Trinajstić information content (AvgIpc) is 3.45. The van der Waals surface area contributed by atoms with Gasteiger partial charge in [0.1, 0.15) is 11.5 Å². The van der Waals surface area contributed by atoms with Gasteiger partial charge in [-0.25, -0.2) is 14.8 Å². The van der Waals surface area contributed by atoms with Gasteiger partial charge in [-0.05, 0) is 43.5 Å².